The van der Waals surface area contributed by atoms with E-state index in [-0.39, 0.29) is 11.8 Å². The number of carbonyl (C=O) groups excluding carboxylic acids is 1. The maximum absolute atomic E-state index is 11.9. The molecular formula is C23H21Cl2N5O2S. The predicted molar refractivity (Wildman–Crippen MR) is 134 cm³/mol. The third-order valence-electron chi connectivity index (χ3n) is 4.96. The lowest BCUT2D eigenvalue weighted by Crippen LogP contribution is -2.21. The van der Waals surface area contributed by atoms with Gasteiger partial charge in [-0.2, -0.15) is 9.98 Å². The number of thiazole rings is 1. The molecule has 0 bridgehead atoms. The number of halogens is 2. The van der Waals surface area contributed by atoms with Crippen LogP contribution in [-0.2, 0) is 0 Å². The van der Waals surface area contributed by atoms with Crippen molar-refractivity contribution in [2.45, 2.75) is 19.3 Å². The Morgan fingerprint density at radius 1 is 1.09 bits per heavy atom. The van der Waals surface area contributed by atoms with Crippen LogP contribution >= 0.6 is 34.5 Å². The lowest BCUT2D eigenvalue weighted by Gasteiger charge is -2.08. The second kappa shape index (κ2) is 10.9. The van der Waals surface area contributed by atoms with Crippen LogP contribution in [0.5, 0.6) is 5.88 Å². The summed E-state index contributed by atoms with van der Waals surface area (Å²) in [7, 11) is 0. The molecule has 2 aliphatic rings. The number of rotatable bonds is 3. The van der Waals surface area contributed by atoms with Crippen molar-refractivity contribution in [2.24, 2.45) is 9.98 Å². The zero-order valence-corrected chi connectivity index (χ0v) is 19.8. The zero-order chi connectivity index (χ0) is 23.2. The van der Waals surface area contributed by atoms with Crippen molar-refractivity contribution in [2.75, 3.05) is 18.4 Å². The number of amides is 1. The van der Waals surface area contributed by atoms with Crippen molar-refractivity contribution in [3.8, 4) is 5.88 Å². The molecular weight excluding hydrogens is 481 g/mol. The Bertz CT molecular complexity index is 1290. The molecule has 5 rings (SSSR count). The standard InChI is InChI=1S/C18H10Cl2N4O2S.C5H11N/c19-11-2-1-3-12(20)15(11)23-18-24-17(26)14(27-18)7-9-4-5-13-10(6-9)16(25)22-8-21-13;1-2-4-6-5-3-1/h1-8,26H,(H,23,24);6H,1-5H2. The molecule has 1 saturated heterocycles. The van der Waals surface area contributed by atoms with Gasteiger partial charge in [0.15, 0.2) is 5.13 Å². The first-order chi connectivity index (χ1) is 16.0. The van der Waals surface area contributed by atoms with Crippen LogP contribution in [0.15, 0.2) is 46.4 Å². The Kier molecular flexibility index (Phi) is 7.72. The van der Waals surface area contributed by atoms with Crippen LogP contribution in [0.1, 0.15) is 34.5 Å². The van der Waals surface area contributed by atoms with Crippen molar-refractivity contribution in [3.63, 3.8) is 0 Å². The summed E-state index contributed by atoms with van der Waals surface area (Å²) in [6.45, 7) is 2.50. The third-order valence-corrected chi connectivity index (χ3v) is 6.49. The molecule has 170 valence electrons. The van der Waals surface area contributed by atoms with Gasteiger partial charge in [-0.1, -0.05) is 53.1 Å². The number of aliphatic imine (C=N–C) groups is 1. The van der Waals surface area contributed by atoms with Crippen molar-refractivity contribution >= 4 is 63.7 Å². The average Bonchev–Trinajstić information content (AvgIpc) is 3.17. The number of para-hydroxylation sites is 1. The van der Waals surface area contributed by atoms with Gasteiger partial charge in [-0.25, -0.2) is 4.99 Å². The lowest BCUT2D eigenvalue weighted by molar-refractivity contribution is 0.100. The van der Waals surface area contributed by atoms with Crippen LogP contribution < -0.4 is 21.2 Å². The molecule has 0 atom stereocenters. The maximum Gasteiger partial charge on any atom is 0.280 e. The number of anilines is 2. The first-order valence-corrected chi connectivity index (χ1v) is 12.0. The van der Waals surface area contributed by atoms with Gasteiger partial charge < -0.3 is 15.7 Å². The topological polar surface area (TPSA) is 99.0 Å². The number of aromatic hydroxyl groups is 1. The number of fused-ring (bicyclic) bond motifs is 1. The average molecular weight is 502 g/mol. The number of hydrogen-bond donors (Lipinski definition) is 3. The molecule has 1 fully saturated rings. The van der Waals surface area contributed by atoms with E-state index in [2.05, 4.69) is 25.6 Å². The largest absolute Gasteiger partial charge is 0.492 e. The highest BCUT2D eigenvalue weighted by atomic mass is 35.5. The number of aromatic nitrogens is 1. The first-order valence-electron chi connectivity index (χ1n) is 10.4. The van der Waals surface area contributed by atoms with Crippen LogP contribution in [0.4, 0.5) is 10.8 Å². The maximum atomic E-state index is 11.9. The molecule has 1 amide bonds. The van der Waals surface area contributed by atoms with Gasteiger partial charge in [0, 0.05) is 0 Å². The molecule has 0 spiro atoms. The molecule has 2 aromatic carbocycles. The molecule has 0 unspecified atom stereocenters. The van der Waals surface area contributed by atoms with E-state index in [1.54, 1.807) is 42.5 Å². The fourth-order valence-electron chi connectivity index (χ4n) is 3.29. The summed E-state index contributed by atoms with van der Waals surface area (Å²) in [4.78, 5) is 24.2. The van der Waals surface area contributed by atoms with Crippen LogP contribution in [0.2, 0.25) is 10.0 Å². The summed E-state index contributed by atoms with van der Waals surface area (Å²) >= 11 is 13.5. The molecule has 3 N–H and O–H groups in total. The molecule has 3 heterocycles. The fraction of sp³-hybridized carbons (Fsp3) is 0.217. The number of benzene rings is 2. The molecule has 0 aliphatic carbocycles. The smallest absolute Gasteiger partial charge is 0.280 e. The number of nitrogens with one attached hydrogen (secondary N) is 2. The van der Waals surface area contributed by atoms with Gasteiger partial charge in [-0.15, -0.1) is 0 Å². The molecule has 2 aliphatic heterocycles. The normalized spacial score (nSPS) is 15.3. The molecule has 0 radical (unpaired) electrons. The van der Waals surface area contributed by atoms with E-state index in [0.29, 0.717) is 36.7 Å². The van der Waals surface area contributed by atoms with E-state index in [1.807, 2.05) is 0 Å². The van der Waals surface area contributed by atoms with Gasteiger partial charge in [0.05, 0.1) is 31.5 Å². The summed E-state index contributed by atoms with van der Waals surface area (Å²) < 4.78 is 0. The molecule has 33 heavy (non-hydrogen) atoms. The number of piperidine rings is 1. The number of carbonyl (C=O) groups is 1. The summed E-state index contributed by atoms with van der Waals surface area (Å²) in [6, 6.07) is 10.3. The lowest BCUT2D eigenvalue weighted by atomic mass is 10.1. The van der Waals surface area contributed by atoms with Crippen molar-refractivity contribution in [1.29, 1.82) is 0 Å². The quantitative estimate of drug-likeness (QED) is 0.497. The van der Waals surface area contributed by atoms with E-state index < -0.39 is 0 Å². The van der Waals surface area contributed by atoms with Gasteiger partial charge in [-0.05, 0) is 61.5 Å². The van der Waals surface area contributed by atoms with E-state index in [0.717, 1.165) is 5.22 Å². The minimum atomic E-state index is -0.348. The van der Waals surface area contributed by atoms with E-state index >= 15 is 0 Å². The van der Waals surface area contributed by atoms with Crippen molar-refractivity contribution in [3.05, 3.63) is 67.5 Å². The van der Waals surface area contributed by atoms with Gasteiger partial charge >= 0.3 is 0 Å². The van der Waals surface area contributed by atoms with Crippen LogP contribution in [0.3, 0.4) is 0 Å². The Morgan fingerprint density at radius 2 is 1.85 bits per heavy atom. The van der Waals surface area contributed by atoms with Gasteiger partial charge in [0.1, 0.15) is 6.34 Å². The second-order valence-electron chi connectivity index (χ2n) is 7.34. The van der Waals surface area contributed by atoms with Crippen molar-refractivity contribution in [1.82, 2.24) is 10.3 Å². The van der Waals surface area contributed by atoms with E-state index in [9.17, 15) is 9.90 Å². The molecule has 10 heteroatoms. The molecule has 7 nitrogen and oxygen atoms in total. The minimum absolute atomic E-state index is 0.141. The summed E-state index contributed by atoms with van der Waals surface area (Å²) in [6.07, 6.45) is 7.17. The Balaban J connectivity index is 0.000000376. The predicted octanol–water partition coefficient (Wildman–Crippen LogP) is 4.29. The fourth-order valence-corrected chi connectivity index (χ4v) is 4.61. The summed E-state index contributed by atoms with van der Waals surface area (Å²) in [5.74, 6) is -0.489. The van der Waals surface area contributed by atoms with Gasteiger partial charge in [-0.3, -0.25) is 4.79 Å². The number of hydrogen-bond acceptors (Lipinski definition) is 7. The second-order valence-corrected chi connectivity index (χ2v) is 9.18. The summed E-state index contributed by atoms with van der Waals surface area (Å²) in [5.41, 5.74) is 0.927. The Hall–Kier alpha value is -2.78. The third kappa shape index (κ3) is 5.97. The molecule has 0 saturated carbocycles. The Labute approximate surface area is 204 Å². The molecule has 3 aromatic rings. The highest BCUT2D eigenvalue weighted by Gasteiger charge is 2.13. The van der Waals surface area contributed by atoms with Crippen LogP contribution in [0, 0.1) is 0 Å². The minimum Gasteiger partial charge on any atom is -0.492 e. The van der Waals surface area contributed by atoms with E-state index in [4.69, 9.17) is 23.2 Å². The van der Waals surface area contributed by atoms with Crippen molar-refractivity contribution < 1.29 is 9.90 Å². The van der Waals surface area contributed by atoms with E-state index in [1.165, 1.54) is 50.0 Å². The highest BCUT2D eigenvalue weighted by molar-refractivity contribution is 7.16. The molecule has 1 aromatic heterocycles. The monoisotopic (exact) mass is 501 g/mol. The Morgan fingerprint density at radius 3 is 2.52 bits per heavy atom. The highest BCUT2D eigenvalue weighted by Crippen LogP contribution is 2.36. The van der Waals surface area contributed by atoms with Gasteiger partial charge in [0.2, 0.25) is 5.88 Å². The SMILES string of the molecule is C1CCNCC1.O=C1N=CN=c2ccc(=Cc3sc(Nc4c(Cl)cccc4Cl)nc3O)cc21. The zero-order valence-electron chi connectivity index (χ0n) is 17.5. The first kappa shape index (κ1) is 23.4. The van der Waals surface area contributed by atoms with Crippen LogP contribution in [0.25, 0.3) is 6.08 Å². The summed E-state index contributed by atoms with van der Waals surface area (Å²) in [5, 5.41) is 19.1. The number of nitrogens with zero attached hydrogens (tertiary/aromatic N) is 3. The van der Waals surface area contributed by atoms with Crippen LogP contribution in [-0.4, -0.2) is 35.4 Å². The van der Waals surface area contributed by atoms with Gasteiger partial charge in [0.25, 0.3) is 5.91 Å².